The molecule has 0 spiro atoms. The lowest BCUT2D eigenvalue weighted by atomic mass is 10.3. The summed E-state index contributed by atoms with van der Waals surface area (Å²) < 4.78 is 0.691. The van der Waals surface area contributed by atoms with Crippen LogP contribution in [0.25, 0.3) is 0 Å². The van der Waals surface area contributed by atoms with Crippen molar-refractivity contribution in [1.29, 1.82) is 0 Å². The molecule has 5 nitrogen and oxygen atoms in total. The predicted molar refractivity (Wildman–Crippen MR) is 119 cm³/mol. The lowest BCUT2D eigenvalue weighted by Crippen LogP contribution is -2.38. The maximum Gasteiger partial charge on any atom is 0.191 e. The van der Waals surface area contributed by atoms with Gasteiger partial charge in [0, 0.05) is 18.0 Å². The van der Waals surface area contributed by atoms with Crippen molar-refractivity contribution in [2.75, 3.05) is 39.3 Å². The van der Waals surface area contributed by atoms with Gasteiger partial charge >= 0.3 is 0 Å². The van der Waals surface area contributed by atoms with Crippen molar-refractivity contribution in [3.05, 3.63) is 21.3 Å². The highest BCUT2D eigenvalue weighted by Crippen LogP contribution is 2.26. The van der Waals surface area contributed by atoms with E-state index in [0.29, 0.717) is 10.9 Å². The van der Waals surface area contributed by atoms with E-state index in [2.05, 4.69) is 20.5 Å². The Morgan fingerprint density at radius 3 is 2.72 bits per heavy atom. The zero-order valence-electron chi connectivity index (χ0n) is 14.8. The Bertz CT molecular complexity index is 509. The molecule has 2 rings (SSSR count). The van der Waals surface area contributed by atoms with E-state index >= 15 is 0 Å². The summed E-state index contributed by atoms with van der Waals surface area (Å²) in [5.74, 6) is 0.764. The summed E-state index contributed by atoms with van der Waals surface area (Å²) in [6.45, 7) is 7.82. The van der Waals surface area contributed by atoms with Gasteiger partial charge in [-0.2, -0.15) is 0 Å². The van der Waals surface area contributed by atoms with Crippen LogP contribution in [0, 0.1) is 0 Å². The highest BCUT2D eigenvalue weighted by atomic mass is 127. The Labute approximate surface area is 177 Å². The topological polar surface area (TPSA) is 59.9 Å². The molecule has 1 unspecified atom stereocenters. The van der Waals surface area contributed by atoms with E-state index in [0.717, 1.165) is 30.3 Å². The molecule has 0 radical (unpaired) electrons. The van der Waals surface area contributed by atoms with E-state index in [-0.39, 0.29) is 24.0 Å². The first-order valence-corrected chi connectivity index (χ1v) is 10.1. The molecule has 0 saturated carbocycles. The zero-order valence-corrected chi connectivity index (χ0v) is 18.7. The molecule has 2 heterocycles. The van der Waals surface area contributed by atoms with Crippen LogP contribution in [0.2, 0.25) is 4.34 Å². The second-order valence-electron chi connectivity index (χ2n) is 6.06. The van der Waals surface area contributed by atoms with Gasteiger partial charge in [0.15, 0.2) is 5.96 Å². The molecular formula is C17H30ClIN4OS. The summed E-state index contributed by atoms with van der Waals surface area (Å²) in [5.41, 5.74) is 0. The molecule has 3 N–H and O–H groups in total. The van der Waals surface area contributed by atoms with E-state index in [1.54, 1.807) is 6.07 Å². The number of aliphatic hydroxyl groups excluding tert-OH is 1. The van der Waals surface area contributed by atoms with Crippen molar-refractivity contribution in [2.45, 2.75) is 38.7 Å². The number of rotatable bonds is 9. The number of thiophene rings is 1. The van der Waals surface area contributed by atoms with Gasteiger partial charge < -0.3 is 20.6 Å². The minimum Gasteiger partial charge on any atom is -0.386 e. The van der Waals surface area contributed by atoms with Crippen molar-refractivity contribution in [3.63, 3.8) is 0 Å². The van der Waals surface area contributed by atoms with Crippen LogP contribution in [-0.2, 0) is 0 Å². The van der Waals surface area contributed by atoms with Crippen LogP contribution in [0.5, 0.6) is 0 Å². The first kappa shape index (κ1) is 23.0. The molecule has 1 aromatic heterocycles. The van der Waals surface area contributed by atoms with Crippen LogP contribution in [-0.4, -0.2) is 55.2 Å². The first-order valence-electron chi connectivity index (χ1n) is 8.87. The minimum atomic E-state index is -0.604. The lowest BCUT2D eigenvalue weighted by Gasteiger charge is -2.15. The monoisotopic (exact) mass is 500 g/mol. The Morgan fingerprint density at radius 1 is 1.32 bits per heavy atom. The first-order chi connectivity index (χ1) is 11.7. The second kappa shape index (κ2) is 13.1. The molecule has 0 aromatic carbocycles. The summed E-state index contributed by atoms with van der Waals surface area (Å²) in [5, 5.41) is 16.7. The highest BCUT2D eigenvalue weighted by Gasteiger charge is 2.11. The highest BCUT2D eigenvalue weighted by molar-refractivity contribution is 14.0. The maximum atomic E-state index is 10.2. The van der Waals surface area contributed by atoms with Gasteiger partial charge in [0.1, 0.15) is 6.10 Å². The van der Waals surface area contributed by atoms with Gasteiger partial charge in [0.05, 0.1) is 10.9 Å². The number of likely N-dealkylation sites (tertiary alicyclic amines) is 1. The van der Waals surface area contributed by atoms with Crippen molar-refractivity contribution >= 4 is 52.9 Å². The molecule has 144 valence electrons. The summed E-state index contributed by atoms with van der Waals surface area (Å²) >= 11 is 7.30. The molecule has 1 atom stereocenters. The normalized spacial score (nSPS) is 16.5. The van der Waals surface area contributed by atoms with Crippen LogP contribution in [0.1, 0.15) is 43.6 Å². The Hall–Kier alpha value is -0.0900. The molecule has 1 fully saturated rings. The van der Waals surface area contributed by atoms with Gasteiger partial charge in [-0.25, -0.2) is 0 Å². The average molecular weight is 501 g/mol. The molecule has 0 amide bonds. The minimum absolute atomic E-state index is 0. The van der Waals surface area contributed by atoms with Crippen LogP contribution in [0.4, 0.5) is 0 Å². The van der Waals surface area contributed by atoms with Crippen LogP contribution >= 0.6 is 46.9 Å². The third kappa shape index (κ3) is 8.90. The quantitative estimate of drug-likeness (QED) is 0.210. The molecule has 1 aliphatic rings. The zero-order chi connectivity index (χ0) is 17.2. The molecular weight excluding hydrogens is 471 g/mol. The molecule has 1 aliphatic heterocycles. The van der Waals surface area contributed by atoms with Crippen molar-refractivity contribution < 1.29 is 5.11 Å². The van der Waals surface area contributed by atoms with E-state index in [1.807, 2.05) is 13.0 Å². The fourth-order valence-corrected chi connectivity index (χ4v) is 3.83. The summed E-state index contributed by atoms with van der Waals surface area (Å²) in [6.07, 6.45) is 4.45. The van der Waals surface area contributed by atoms with E-state index in [1.165, 1.54) is 50.2 Å². The number of nitrogens with zero attached hydrogens (tertiary/aromatic N) is 2. The third-order valence-electron chi connectivity index (χ3n) is 4.08. The summed E-state index contributed by atoms with van der Waals surface area (Å²) in [6, 6.07) is 3.66. The maximum absolute atomic E-state index is 10.2. The average Bonchev–Trinajstić information content (AvgIpc) is 3.23. The standard InChI is InChI=1S/C17H29ClN4OS.HI/c1-2-19-17(20-9-3-4-10-22-11-5-6-12-22)21-13-14(23)15-7-8-16(18)24-15;/h7-8,14,23H,2-6,9-13H2,1H3,(H2,19,20,21);1H. The number of unbranched alkanes of at least 4 members (excludes halogenated alkanes) is 1. The number of aliphatic imine (C=N–C) groups is 1. The number of hydrogen-bond acceptors (Lipinski definition) is 4. The SMILES string of the molecule is CCNC(=NCC(O)c1ccc(Cl)s1)NCCCCN1CCCC1.I. The van der Waals surface area contributed by atoms with E-state index in [9.17, 15) is 5.11 Å². The number of guanidine groups is 1. The van der Waals surface area contributed by atoms with Crippen LogP contribution < -0.4 is 10.6 Å². The fraction of sp³-hybridized carbons (Fsp3) is 0.706. The summed E-state index contributed by atoms with van der Waals surface area (Å²) in [4.78, 5) is 7.87. The Balaban J connectivity index is 0.00000312. The van der Waals surface area contributed by atoms with Crippen molar-refractivity contribution in [3.8, 4) is 0 Å². The third-order valence-corrected chi connectivity index (χ3v) is 5.41. The lowest BCUT2D eigenvalue weighted by molar-refractivity contribution is 0.191. The largest absolute Gasteiger partial charge is 0.386 e. The van der Waals surface area contributed by atoms with E-state index < -0.39 is 6.10 Å². The fourth-order valence-electron chi connectivity index (χ4n) is 2.79. The number of halogens is 2. The van der Waals surface area contributed by atoms with Gasteiger partial charge in [-0.3, -0.25) is 4.99 Å². The van der Waals surface area contributed by atoms with Crippen molar-refractivity contribution in [1.82, 2.24) is 15.5 Å². The molecule has 0 aliphatic carbocycles. The number of aliphatic hydroxyl groups is 1. The van der Waals surface area contributed by atoms with Gasteiger partial charge in [0.2, 0.25) is 0 Å². The molecule has 8 heteroatoms. The number of nitrogens with one attached hydrogen (secondary N) is 2. The van der Waals surface area contributed by atoms with Gasteiger partial charge in [-0.1, -0.05) is 11.6 Å². The molecule has 1 saturated heterocycles. The van der Waals surface area contributed by atoms with E-state index in [4.69, 9.17) is 11.6 Å². The smallest absolute Gasteiger partial charge is 0.191 e. The Morgan fingerprint density at radius 2 is 2.08 bits per heavy atom. The van der Waals surface area contributed by atoms with Gasteiger partial charge in [-0.15, -0.1) is 35.3 Å². The second-order valence-corrected chi connectivity index (χ2v) is 7.81. The molecule has 1 aromatic rings. The van der Waals surface area contributed by atoms with Gasteiger partial charge in [0.25, 0.3) is 0 Å². The predicted octanol–water partition coefficient (Wildman–Crippen LogP) is 3.48. The van der Waals surface area contributed by atoms with Gasteiger partial charge in [-0.05, 0) is 64.4 Å². The molecule has 25 heavy (non-hydrogen) atoms. The Kier molecular flexibility index (Phi) is 12.1. The number of hydrogen-bond donors (Lipinski definition) is 3. The van der Waals surface area contributed by atoms with Crippen molar-refractivity contribution in [2.24, 2.45) is 4.99 Å². The van der Waals surface area contributed by atoms with Crippen LogP contribution in [0.3, 0.4) is 0 Å². The molecule has 0 bridgehead atoms. The summed E-state index contributed by atoms with van der Waals surface area (Å²) in [7, 11) is 0. The van der Waals surface area contributed by atoms with Crippen LogP contribution in [0.15, 0.2) is 17.1 Å².